The molecule has 1 fully saturated rings. The molecule has 0 unspecified atom stereocenters. The van der Waals surface area contributed by atoms with Gasteiger partial charge >= 0.3 is 0 Å². The van der Waals surface area contributed by atoms with Gasteiger partial charge in [0.25, 0.3) is 0 Å². The van der Waals surface area contributed by atoms with E-state index in [9.17, 15) is 9.18 Å². The van der Waals surface area contributed by atoms with E-state index in [2.05, 4.69) is 5.32 Å². The largest absolute Gasteiger partial charge is 0.387 e. The molecular weight excluding hydrogens is 290 g/mol. The molecule has 0 saturated heterocycles. The Morgan fingerprint density at radius 2 is 2.11 bits per heavy atom. The first kappa shape index (κ1) is 13.9. The molecule has 0 bridgehead atoms. The maximum Gasteiger partial charge on any atom is 0.206 e. The topological polar surface area (TPSA) is 52.9 Å². The molecule has 0 aliphatic heterocycles. The fourth-order valence-corrected chi connectivity index (χ4v) is 1.91. The summed E-state index contributed by atoms with van der Waals surface area (Å²) in [6, 6.07) is 4.18. The molecule has 2 rings (SSSR count). The molecule has 19 heavy (non-hydrogen) atoms. The van der Waals surface area contributed by atoms with Gasteiger partial charge in [-0.3, -0.25) is 4.79 Å². The van der Waals surface area contributed by atoms with Gasteiger partial charge in [0.15, 0.2) is 0 Å². The number of nitrogens with zero attached hydrogens (tertiary/aromatic N) is 1. The fraction of sp³-hybridized carbons (Fsp3) is 0.231. The van der Waals surface area contributed by atoms with Crippen LogP contribution in [0, 0.1) is 17.1 Å². The number of Topliss-reactive ketones (excluding diaryl/α,β-unsaturated/α-hetero) is 1. The highest BCUT2D eigenvalue weighted by Crippen LogP contribution is 2.26. The lowest BCUT2D eigenvalue weighted by molar-refractivity contribution is 0.103. The van der Waals surface area contributed by atoms with Crippen LogP contribution in [-0.2, 0) is 0 Å². The Morgan fingerprint density at radius 3 is 2.68 bits per heavy atom. The molecule has 1 N–H and O–H groups in total. The quantitative estimate of drug-likeness (QED) is 0.401. The van der Waals surface area contributed by atoms with Crippen LogP contribution in [0.1, 0.15) is 23.2 Å². The van der Waals surface area contributed by atoms with E-state index in [1.807, 2.05) is 0 Å². The van der Waals surface area contributed by atoms with Crippen LogP contribution in [0.5, 0.6) is 0 Å². The van der Waals surface area contributed by atoms with Crippen LogP contribution in [0.15, 0.2) is 23.9 Å². The average Bonchev–Trinajstić information content (AvgIpc) is 3.18. The van der Waals surface area contributed by atoms with Crippen LogP contribution in [0.3, 0.4) is 0 Å². The van der Waals surface area contributed by atoms with Crippen LogP contribution in [0.2, 0.25) is 10.0 Å². The number of carbonyl (C=O) groups excluding carboxylic acids is 1. The molecular formula is C13H9Cl2FN2O. The summed E-state index contributed by atoms with van der Waals surface area (Å²) in [5, 5.41) is 11.8. The molecule has 1 aromatic carbocycles. The van der Waals surface area contributed by atoms with E-state index in [-0.39, 0.29) is 21.2 Å². The first-order chi connectivity index (χ1) is 9.02. The lowest BCUT2D eigenvalue weighted by Crippen LogP contribution is -2.12. The van der Waals surface area contributed by atoms with Crippen LogP contribution in [0.25, 0.3) is 0 Å². The van der Waals surface area contributed by atoms with Gasteiger partial charge in [0.05, 0.1) is 10.0 Å². The smallest absolute Gasteiger partial charge is 0.206 e. The van der Waals surface area contributed by atoms with E-state index in [1.54, 1.807) is 6.07 Å². The van der Waals surface area contributed by atoms with E-state index in [1.165, 1.54) is 6.20 Å². The first-order valence-corrected chi connectivity index (χ1v) is 6.34. The Hall–Kier alpha value is -1.57. The molecule has 0 heterocycles. The number of hydrogen-bond acceptors (Lipinski definition) is 3. The van der Waals surface area contributed by atoms with E-state index in [0.717, 1.165) is 25.0 Å². The Morgan fingerprint density at radius 1 is 1.42 bits per heavy atom. The van der Waals surface area contributed by atoms with Gasteiger partial charge in [-0.25, -0.2) is 4.39 Å². The summed E-state index contributed by atoms with van der Waals surface area (Å²) in [6.45, 7) is 0. The summed E-state index contributed by atoms with van der Waals surface area (Å²) in [5.41, 5.74) is -0.190. The average molecular weight is 299 g/mol. The normalized spacial score (nSPS) is 14.9. The minimum absolute atomic E-state index is 0.0176. The third-order valence-electron chi connectivity index (χ3n) is 2.66. The van der Waals surface area contributed by atoms with Gasteiger partial charge in [0.2, 0.25) is 5.78 Å². The van der Waals surface area contributed by atoms with Gasteiger partial charge in [-0.15, -0.1) is 0 Å². The molecule has 0 atom stereocenters. The van der Waals surface area contributed by atoms with Crippen LogP contribution >= 0.6 is 23.2 Å². The van der Waals surface area contributed by atoms with Crippen molar-refractivity contribution in [2.75, 3.05) is 0 Å². The number of benzene rings is 1. The highest BCUT2D eigenvalue weighted by Gasteiger charge is 2.22. The van der Waals surface area contributed by atoms with Crippen molar-refractivity contribution in [1.82, 2.24) is 5.32 Å². The van der Waals surface area contributed by atoms with Gasteiger partial charge < -0.3 is 5.32 Å². The second kappa shape index (κ2) is 5.60. The maximum absolute atomic E-state index is 13.4. The van der Waals surface area contributed by atoms with Gasteiger partial charge in [-0.2, -0.15) is 5.26 Å². The Kier molecular flexibility index (Phi) is 4.08. The highest BCUT2D eigenvalue weighted by molar-refractivity contribution is 6.37. The maximum atomic E-state index is 13.4. The van der Waals surface area contributed by atoms with Gasteiger partial charge in [-0.05, 0) is 25.0 Å². The minimum Gasteiger partial charge on any atom is -0.387 e. The summed E-state index contributed by atoms with van der Waals surface area (Å²) in [4.78, 5) is 12.1. The van der Waals surface area contributed by atoms with Gasteiger partial charge in [0.1, 0.15) is 17.5 Å². The SMILES string of the molecule is N#C/C(=C\NC1CC1)C(=O)c1cc(F)c(Cl)cc1Cl. The van der Waals surface area contributed by atoms with Crippen LogP contribution in [-0.4, -0.2) is 11.8 Å². The fourth-order valence-electron chi connectivity index (χ4n) is 1.44. The zero-order valence-electron chi connectivity index (χ0n) is 9.71. The van der Waals surface area contributed by atoms with Crippen LogP contribution in [0.4, 0.5) is 4.39 Å². The summed E-state index contributed by atoms with van der Waals surface area (Å²) in [5.74, 6) is -1.38. The Balaban J connectivity index is 2.29. The molecule has 1 saturated carbocycles. The van der Waals surface area contributed by atoms with E-state index in [4.69, 9.17) is 28.5 Å². The Labute approximate surface area is 119 Å². The predicted molar refractivity (Wildman–Crippen MR) is 70.6 cm³/mol. The van der Waals surface area contributed by atoms with Crippen LogP contribution < -0.4 is 5.32 Å². The lowest BCUT2D eigenvalue weighted by atomic mass is 10.0. The van der Waals surface area contributed by atoms with Crippen molar-refractivity contribution in [2.24, 2.45) is 0 Å². The minimum atomic E-state index is -0.748. The van der Waals surface area contributed by atoms with Crippen molar-refractivity contribution < 1.29 is 9.18 Å². The van der Waals surface area contributed by atoms with Crippen molar-refractivity contribution in [2.45, 2.75) is 18.9 Å². The van der Waals surface area contributed by atoms with Crippen molar-refractivity contribution in [3.63, 3.8) is 0 Å². The second-order valence-corrected chi connectivity index (χ2v) is 5.00. The van der Waals surface area contributed by atoms with E-state index >= 15 is 0 Å². The Bertz CT molecular complexity index is 603. The van der Waals surface area contributed by atoms with Gasteiger partial charge in [0, 0.05) is 17.8 Å². The summed E-state index contributed by atoms with van der Waals surface area (Å²) in [7, 11) is 0. The molecule has 0 amide bonds. The third-order valence-corrected chi connectivity index (χ3v) is 3.26. The first-order valence-electron chi connectivity index (χ1n) is 5.58. The highest BCUT2D eigenvalue weighted by atomic mass is 35.5. The molecule has 1 aliphatic carbocycles. The van der Waals surface area contributed by atoms with Crippen molar-refractivity contribution in [3.05, 3.63) is 45.3 Å². The number of rotatable bonds is 4. The summed E-state index contributed by atoms with van der Waals surface area (Å²) >= 11 is 11.4. The number of allylic oxidation sites excluding steroid dienone is 1. The number of carbonyl (C=O) groups is 1. The monoisotopic (exact) mass is 298 g/mol. The zero-order valence-corrected chi connectivity index (χ0v) is 11.2. The summed E-state index contributed by atoms with van der Waals surface area (Å²) in [6.07, 6.45) is 3.38. The number of hydrogen-bond donors (Lipinski definition) is 1. The summed E-state index contributed by atoms with van der Waals surface area (Å²) < 4.78 is 13.4. The van der Waals surface area contributed by atoms with Gasteiger partial charge in [-0.1, -0.05) is 23.2 Å². The number of nitrogens with one attached hydrogen (secondary N) is 1. The number of nitriles is 1. The molecule has 0 spiro atoms. The molecule has 1 aromatic rings. The third kappa shape index (κ3) is 3.25. The second-order valence-electron chi connectivity index (χ2n) is 4.19. The molecule has 1 aliphatic rings. The van der Waals surface area contributed by atoms with Crippen molar-refractivity contribution >= 4 is 29.0 Å². The molecule has 98 valence electrons. The molecule has 0 radical (unpaired) electrons. The van der Waals surface area contributed by atoms with Crippen molar-refractivity contribution in [3.8, 4) is 6.07 Å². The lowest BCUT2D eigenvalue weighted by Gasteiger charge is -2.04. The molecule has 3 nitrogen and oxygen atoms in total. The van der Waals surface area contributed by atoms with E-state index in [0.29, 0.717) is 6.04 Å². The van der Waals surface area contributed by atoms with Crippen molar-refractivity contribution in [1.29, 1.82) is 5.26 Å². The number of ketones is 1. The molecule has 0 aromatic heterocycles. The number of halogens is 3. The standard InChI is InChI=1S/C13H9Cl2FN2O/c14-10-4-11(15)12(16)3-9(10)13(19)7(5-17)6-18-8-1-2-8/h3-4,6,8,18H,1-2H2/b7-6+. The zero-order chi connectivity index (χ0) is 14.0. The van der Waals surface area contributed by atoms with E-state index < -0.39 is 11.6 Å². The predicted octanol–water partition coefficient (Wildman–Crippen LogP) is 3.47. The molecule has 6 heteroatoms.